The molecular weight excluding hydrogens is 805 g/mol. The summed E-state index contributed by atoms with van der Waals surface area (Å²) in [5.74, 6) is -1.91. The normalized spacial score (nSPS) is 12.5. The van der Waals surface area contributed by atoms with Gasteiger partial charge in [-0.1, -0.05) is 0 Å². The van der Waals surface area contributed by atoms with Gasteiger partial charge in [0.1, 0.15) is 40.0 Å². The lowest BCUT2D eigenvalue weighted by atomic mass is 10.1. The molecule has 0 heterocycles. The third-order valence-electron chi connectivity index (χ3n) is 7.34. The molecular formula is C41H59F3N8O9. The number of alkyl halides is 3. The Balaban J connectivity index is 1.95. The lowest BCUT2D eigenvalue weighted by molar-refractivity contribution is -0.171. The van der Waals surface area contributed by atoms with E-state index >= 15 is 0 Å². The number of amides is 4. The molecule has 20 heteroatoms. The molecule has 0 bridgehead atoms. The molecule has 0 atom stereocenters. The zero-order valence-corrected chi connectivity index (χ0v) is 36.4. The second kappa shape index (κ2) is 22.5. The van der Waals surface area contributed by atoms with Crippen LogP contribution in [0, 0.1) is 5.41 Å². The van der Waals surface area contributed by atoms with E-state index in [1.165, 1.54) is 11.9 Å². The molecule has 2 aromatic rings. The van der Waals surface area contributed by atoms with Crippen molar-refractivity contribution >= 4 is 41.8 Å². The molecule has 0 aliphatic rings. The van der Waals surface area contributed by atoms with Gasteiger partial charge < -0.3 is 39.6 Å². The highest BCUT2D eigenvalue weighted by molar-refractivity contribution is 6.05. The van der Waals surface area contributed by atoms with Crippen molar-refractivity contribution in [3.63, 3.8) is 0 Å². The summed E-state index contributed by atoms with van der Waals surface area (Å²) in [6.45, 7) is 15.8. The van der Waals surface area contributed by atoms with Crippen molar-refractivity contribution < 1.29 is 56.0 Å². The average Bonchev–Trinajstić information content (AvgIpc) is 3.12. The maximum absolute atomic E-state index is 13.1. The van der Waals surface area contributed by atoms with Gasteiger partial charge in [0, 0.05) is 50.8 Å². The number of nitrogens with one attached hydrogen (secondary N) is 3. The number of amidine groups is 2. The van der Waals surface area contributed by atoms with Crippen molar-refractivity contribution in [1.82, 2.24) is 20.4 Å². The predicted octanol–water partition coefficient (Wildman–Crippen LogP) is 6.62. The number of hydrogen-bond acceptors (Lipinski definition) is 11. The average molecular weight is 865 g/mol. The van der Waals surface area contributed by atoms with Gasteiger partial charge >= 0.3 is 30.4 Å². The van der Waals surface area contributed by atoms with Crippen LogP contribution in [0.15, 0.2) is 58.5 Å². The van der Waals surface area contributed by atoms with E-state index in [0.717, 1.165) is 4.90 Å². The molecule has 0 aliphatic carbocycles. The molecule has 2 aromatic carbocycles. The van der Waals surface area contributed by atoms with Crippen molar-refractivity contribution in [2.45, 2.75) is 98.1 Å². The van der Waals surface area contributed by atoms with Crippen molar-refractivity contribution in [1.29, 1.82) is 5.41 Å². The van der Waals surface area contributed by atoms with E-state index in [-0.39, 0.29) is 63.4 Å². The number of nitrogens with two attached hydrogens (primary N) is 1. The van der Waals surface area contributed by atoms with Crippen LogP contribution in [0.1, 0.15) is 86.3 Å². The highest BCUT2D eigenvalue weighted by atomic mass is 19.4. The number of hydrogen-bond donors (Lipinski definition) is 4. The Kier molecular flexibility index (Phi) is 18.8. The number of benzene rings is 2. The Bertz CT molecular complexity index is 1850. The summed E-state index contributed by atoms with van der Waals surface area (Å²) >= 11 is 0. The molecule has 0 fully saturated rings. The van der Waals surface area contributed by atoms with E-state index in [0.29, 0.717) is 29.0 Å². The summed E-state index contributed by atoms with van der Waals surface area (Å²) in [5, 5.41) is 13.2. The zero-order chi connectivity index (χ0) is 46.2. The van der Waals surface area contributed by atoms with Crippen LogP contribution in [0.5, 0.6) is 11.5 Å². The second-order valence-corrected chi connectivity index (χ2v) is 16.4. The first kappa shape index (κ1) is 51.1. The minimum Gasteiger partial charge on any atom is -0.494 e. The Hall–Kier alpha value is -6.08. The number of ether oxygens (including phenoxy) is 5. The van der Waals surface area contributed by atoms with E-state index in [4.69, 9.17) is 34.8 Å². The number of likely N-dealkylation sites (N-methyl/N-ethyl adjacent to an activating group) is 1. The fourth-order valence-electron chi connectivity index (χ4n) is 4.56. The van der Waals surface area contributed by atoms with Gasteiger partial charge in [-0.15, -0.1) is 0 Å². The fraction of sp³-hybridized carbons (Fsp3) is 0.537. The molecule has 5 N–H and O–H groups in total. The smallest absolute Gasteiger partial charge is 0.471 e. The van der Waals surface area contributed by atoms with Crippen molar-refractivity contribution in [2.75, 3.05) is 46.4 Å². The van der Waals surface area contributed by atoms with Gasteiger partial charge in [0.2, 0.25) is 0 Å². The minimum absolute atomic E-state index is 0.00496. The number of carbonyl (C=O) groups excluding carboxylic acids is 4. The van der Waals surface area contributed by atoms with Crippen LogP contribution in [0.4, 0.5) is 27.6 Å². The maximum atomic E-state index is 13.1. The van der Waals surface area contributed by atoms with E-state index in [2.05, 4.69) is 15.3 Å². The largest absolute Gasteiger partial charge is 0.494 e. The number of rotatable bonds is 15. The molecule has 0 saturated heterocycles. The summed E-state index contributed by atoms with van der Waals surface area (Å²) in [5.41, 5.74) is 4.43. The number of halogens is 3. The number of aliphatic imine (C=N–C) groups is 2. The van der Waals surface area contributed by atoms with Crippen LogP contribution in [0.25, 0.3) is 0 Å². The first-order valence-electron chi connectivity index (χ1n) is 19.4. The standard InChI is InChI=1S/C41H59F3N8O9/c1-38(2,3)59-35(54)49-31(45)27-13-17-29(18-14-27)57-25-11-21-47-34(50-33(53)41(42,43)44)48-22-12-26-58-30-19-15-28(16-20-30)32(46)52(37(56)61-40(7,8)9)24-23-51(10)36(55)60-39(4,5)6/h13-20,46H,11-12,21-26H2,1-10H3,(H2,45,49,54)(H2,47,48,50,53). The van der Waals surface area contributed by atoms with Gasteiger partial charge in [-0.25, -0.2) is 14.4 Å². The molecule has 4 amide bonds. The lowest BCUT2D eigenvalue weighted by Gasteiger charge is -2.30. The summed E-state index contributed by atoms with van der Waals surface area (Å²) in [6.07, 6.45) is -6.74. The number of carbonyl (C=O) groups is 4. The Labute approximate surface area is 354 Å². The first-order valence-corrected chi connectivity index (χ1v) is 19.4. The van der Waals surface area contributed by atoms with Crippen LogP contribution in [0.3, 0.4) is 0 Å². The van der Waals surface area contributed by atoms with Gasteiger partial charge in [-0.2, -0.15) is 18.2 Å². The monoisotopic (exact) mass is 864 g/mol. The third-order valence-corrected chi connectivity index (χ3v) is 7.34. The fourth-order valence-corrected chi connectivity index (χ4v) is 4.56. The van der Waals surface area contributed by atoms with Crippen LogP contribution in [-0.2, 0) is 19.0 Å². The molecule has 0 saturated carbocycles. The maximum Gasteiger partial charge on any atom is 0.471 e. The summed E-state index contributed by atoms with van der Waals surface area (Å²) in [6, 6.07) is 12.7. The predicted molar refractivity (Wildman–Crippen MR) is 223 cm³/mol. The van der Waals surface area contributed by atoms with Gasteiger partial charge in [0.05, 0.1) is 13.2 Å². The molecule has 0 radical (unpaired) electrons. The number of nitrogens with zero attached hydrogens (tertiary/aromatic N) is 4. The molecule has 0 aromatic heterocycles. The van der Waals surface area contributed by atoms with Crippen molar-refractivity contribution in [3.8, 4) is 11.5 Å². The molecule has 17 nitrogen and oxygen atoms in total. The third kappa shape index (κ3) is 20.6. The Morgan fingerprint density at radius 2 is 1.21 bits per heavy atom. The highest BCUT2D eigenvalue weighted by Crippen LogP contribution is 2.18. The second-order valence-electron chi connectivity index (χ2n) is 16.4. The summed E-state index contributed by atoms with van der Waals surface area (Å²) < 4.78 is 66.5. The quantitative estimate of drug-likeness (QED) is 0.0645. The van der Waals surface area contributed by atoms with Crippen molar-refractivity contribution in [3.05, 3.63) is 59.7 Å². The SMILES string of the molecule is CN(CCN(C(=N)c1ccc(OCCCN=C(NCCCOc2ccc(/C(N)=N/C(=O)OC(C)(C)C)cc2)NC(=O)C(F)(F)F)cc1)C(=O)OC(C)(C)C)C(=O)OC(C)(C)C. The van der Waals surface area contributed by atoms with Gasteiger partial charge in [0.15, 0.2) is 5.96 Å². The van der Waals surface area contributed by atoms with E-state index in [1.54, 1.807) is 116 Å². The van der Waals surface area contributed by atoms with E-state index in [1.807, 2.05) is 0 Å². The van der Waals surface area contributed by atoms with Crippen LogP contribution in [-0.4, -0.2) is 121 Å². The summed E-state index contributed by atoms with van der Waals surface area (Å²) in [7, 11) is 1.52. The molecule has 0 aliphatic heterocycles. The topological polar surface area (TPSA) is 220 Å². The minimum atomic E-state index is -5.13. The van der Waals surface area contributed by atoms with Gasteiger partial charge in [-0.3, -0.25) is 25.4 Å². The zero-order valence-electron chi connectivity index (χ0n) is 36.4. The van der Waals surface area contributed by atoms with E-state index in [9.17, 15) is 32.3 Å². The molecule has 338 valence electrons. The summed E-state index contributed by atoms with van der Waals surface area (Å²) in [4.78, 5) is 59.4. The Morgan fingerprint density at radius 3 is 1.72 bits per heavy atom. The van der Waals surface area contributed by atoms with Gasteiger partial charge in [-0.05, 0) is 117 Å². The van der Waals surface area contributed by atoms with E-state index < -0.39 is 47.2 Å². The van der Waals surface area contributed by atoms with Crippen LogP contribution >= 0.6 is 0 Å². The van der Waals surface area contributed by atoms with Gasteiger partial charge in [0.25, 0.3) is 0 Å². The highest BCUT2D eigenvalue weighted by Gasteiger charge is 2.39. The Morgan fingerprint density at radius 1 is 0.721 bits per heavy atom. The molecule has 0 spiro atoms. The molecule has 2 rings (SSSR count). The van der Waals surface area contributed by atoms with Crippen LogP contribution < -0.4 is 25.8 Å². The molecule has 61 heavy (non-hydrogen) atoms. The van der Waals surface area contributed by atoms with Crippen molar-refractivity contribution in [2.24, 2.45) is 15.7 Å². The van der Waals surface area contributed by atoms with Crippen LogP contribution in [0.2, 0.25) is 0 Å². The number of guanidine groups is 1. The lowest BCUT2D eigenvalue weighted by Crippen LogP contribution is -2.47. The first-order chi connectivity index (χ1) is 28.1. The molecule has 0 unspecified atom stereocenters.